The fourth-order valence-electron chi connectivity index (χ4n) is 2.00. The zero-order chi connectivity index (χ0) is 16.8. The van der Waals surface area contributed by atoms with Crippen molar-refractivity contribution in [2.45, 2.75) is 13.3 Å². The molecule has 0 unspecified atom stereocenters. The lowest BCUT2D eigenvalue weighted by Gasteiger charge is -2.10. The first-order chi connectivity index (χ1) is 11.0. The summed E-state index contributed by atoms with van der Waals surface area (Å²) >= 11 is 11.5. The van der Waals surface area contributed by atoms with Gasteiger partial charge in [-0.15, -0.1) is 0 Å². The molecular formula is C16H15Cl2N3O2. The number of amides is 2. The third-order valence-corrected chi connectivity index (χ3v) is 3.49. The van der Waals surface area contributed by atoms with Gasteiger partial charge in [0, 0.05) is 11.3 Å². The van der Waals surface area contributed by atoms with Gasteiger partial charge in [-0.3, -0.25) is 9.59 Å². The maximum absolute atomic E-state index is 12.0. The number of benzene rings is 1. The Hall–Kier alpha value is -2.11. The second-order valence-corrected chi connectivity index (χ2v) is 5.52. The second kappa shape index (κ2) is 7.94. The van der Waals surface area contributed by atoms with Gasteiger partial charge in [-0.05, 0) is 30.2 Å². The third-order valence-electron chi connectivity index (χ3n) is 3.11. The van der Waals surface area contributed by atoms with Gasteiger partial charge >= 0.3 is 0 Å². The van der Waals surface area contributed by atoms with Gasteiger partial charge in [-0.25, -0.2) is 4.98 Å². The molecule has 2 rings (SSSR count). The van der Waals surface area contributed by atoms with Crippen molar-refractivity contribution in [3.05, 3.63) is 57.8 Å². The fourth-order valence-corrected chi connectivity index (χ4v) is 2.46. The number of nitrogens with zero attached hydrogens (tertiary/aromatic N) is 1. The predicted molar refractivity (Wildman–Crippen MR) is 91.0 cm³/mol. The van der Waals surface area contributed by atoms with Crippen LogP contribution in [0.25, 0.3) is 0 Å². The molecular weight excluding hydrogens is 337 g/mol. The molecule has 0 aliphatic heterocycles. The van der Waals surface area contributed by atoms with Gasteiger partial charge < -0.3 is 10.6 Å². The Balaban J connectivity index is 1.95. The second-order valence-electron chi connectivity index (χ2n) is 4.74. The Bertz CT molecular complexity index is 715. The first kappa shape index (κ1) is 17.2. The van der Waals surface area contributed by atoms with E-state index in [9.17, 15) is 9.59 Å². The van der Waals surface area contributed by atoms with Gasteiger partial charge in [0.05, 0.1) is 6.54 Å². The van der Waals surface area contributed by atoms with Crippen molar-refractivity contribution < 1.29 is 9.59 Å². The largest absolute Gasteiger partial charge is 0.343 e. The van der Waals surface area contributed by atoms with Crippen molar-refractivity contribution in [3.8, 4) is 0 Å². The molecule has 0 bridgehead atoms. The van der Waals surface area contributed by atoms with Gasteiger partial charge in [0.2, 0.25) is 5.91 Å². The summed E-state index contributed by atoms with van der Waals surface area (Å²) in [6.45, 7) is 1.85. The lowest BCUT2D eigenvalue weighted by molar-refractivity contribution is -0.115. The highest BCUT2D eigenvalue weighted by Crippen LogP contribution is 2.16. The van der Waals surface area contributed by atoms with Crippen LogP contribution in [-0.4, -0.2) is 23.3 Å². The third kappa shape index (κ3) is 4.94. The molecule has 1 heterocycles. The Labute approximate surface area is 144 Å². The molecule has 120 valence electrons. The number of aromatic nitrogens is 1. The average molecular weight is 352 g/mol. The van der Waals surface area contributed by atoms with E-state index >= 15 is 0 Å². The monoisotopic (exact) mass is 351 g/mol. The zero-order valence-corrected chi connectivity index (χ0v) is 13.9. The standard InChI is InChI=1S/C16H15Cl2N3O2/c1-2-10-5-3-4-6-12(10)20-15(22)9-19-16(23)11-7-13(17)21-14(18)8-11/h3-8H,2,9H2,1H3,(H,19,23)(H,20,22). The maximum atomic E-state index is 12.0. The number of nitrogens with one attached hydrogen (secondary N) is 2. The van der Waals surface area contributed by atoms with E-state index in [0.717, 1.165) is 17.7 Å². The van der Waals surface area contributed by atoms with E-state index in [0.29, 0.717) is 0 Å². The molecule has 0 aliphatic rings. The lowest BCUT2D eigenvalue weighted by atomic mass is 10.1. The number of carbonyl (C=O) groups is 2. The molecule has 0 atom stereocenters. The number of halogens is 2. The van der Waals surface area contributed by atoms with Gasteiger partial charge in [0.15, 0.2) is 0 Å². The molecule has 1 aromatic heterocycles. The van der Waals surface area contributed by atoms with Crippen molar-refractivity contribution in [2.75, 3.05) is 11.9 Å². The topological polar surface area (TPSA) is 71.1 Å². The lowest BCUT2D eigenvalue weighted by Crippen LogP contribution is -2.33. The first-order valence-corrected chi connectivity index (χ1v) is 7.74. The van der Waals surface area contributed by atoms with Crippen LogP contribution in [0.15, 0.2) is 36.4 Å². The highest BCUT2D eigenvalue weighted by Gasteiger charge is 2.11. The van der Waals surface area contributed by atoms with E-state index in [-0.39, 0.29) is 28.3 Å². The van der Waals surface area contributed by atoms with Crippen molar-refractivity contribution >= 4 is 40.7 Å². The molecule has 0 spiro atoms. The summed E-state index contributed by atoms with van der Waals surface area (Å²) in [6.07, 6.45) is 0.802. The molecule has 7 heteroatoms. The Morgan fingerprint density at radius 1 is 1.13 bits per heavy atom. The molecule has 1 aromatic carbocycles. The summed E-state index contributed by atoms with van der Waals surface area (Å²) in [7, 11) is 0. The number of aryl methyl sites for hydroxylation is 1. The average Bonchev–Trinajstić information content (AvgIpc) is 2.52. The number of pyridine rings is 1. The molecule has 23 heavy (non-hydrogen) atoms. The molecule has 0 aliphatic carbocycles. The molecule has 0 saturated carbocycles. The van der Waals surface area contributed by atoms with Crippen molar-refractivity contribution in [1.29, 1.82) is 0 Å². The van der Waals surface area contributed by atoms with Crippen LogP contribution < -0.4 is 10.6 Å². The SMILES string of the molecule is CCc1ccccc1NC(=O)CNC(=O)c1cc(Cl)nc(Cl)c1. The number of para-hydroxylation sites is 1. The van der Waals surface area contributed by atoms with E-state index < -0.39 is 5.91 Å². The normalized spacial score (nSPS) is 10.2. The van der Waals surface area contributed by atoms with E-state index in [4.69, 9.17) is 23.2 Å². The van der Waals surface area contributed by atoms with Gasteiger partial charge in [0.1, 0.15) is 10.3 Å². The Morgan fingerprint density at radius 2 is 1.78 bits per heavy atom. The minimum absolute atomic E-state index is 0.115. The Kier molecular flexibility index (Phi) is 5.96. The summed E-state index contributed by atoms with van der Waals surface area (Å²) in [5.41, 5.74) is 2.01. The van der Waals surface area contributed by atoms with Crippen LogP contribution in [0.4, 0.5) is 5.69 Å². The van der Waals surface area contributed by atoms with E-state index in [1.54, 1.807) is 0 Å². The van der Waals surface area contributed by atoms with Crippen LogP contribution in [-0.2, 0) is 11.2 Å². The molecule has 0 fully saturated rings. The number of hydrogen-bond acceptors (Lipinski definition) is 3. The molecule has 0 radical (unpaired) electrons. The van der Waals surface area contributed by atoms with Crippen LogP contribution in [0.1, 0.15) is 22.8 Å². The molecule has 2 aromatic rings. The Morgan fingerprint density at radius 3 is 2.43 bits per heavy atom. The van der Waals surface area contributed by atoms with E-state index in [2.05, 4.69) is 15.6 Å². The molecule has 2 N–H and O–H groups in total. The quantitative estimate of drug-likeness (QED) is 0.811. The zero-order valence-electron chi connectivity index (χ0n) is 12.4. The van der Waals surface area contributed by atoms with Crippen LogP contribution in [0.3, 0.4) is 0 Å². The van der Waals surface area contributed by atoms with Crippen molar-refractivity contribution in [3.63, 3.8) is 0 Å². The summed E-state index contributed by atoms with van der Waals surface area (Å²) in [4.78, 5) is 27.7. The number of anilines is 1. The smallest absolute Gasteiger partial charge is 0.251 e. The fraction of sp³-hybridized carbons (Fsp3) is 0.188. The minimum Gasteiger partial charge on any atom is -0.343 e. The van der Waals surface area contributed by atoms with E-state index in [1.807, 2.05) is 31.2 Å². The van der Waals surface area contributed by atoms with Crippen molar-refractivity contribution in [2.24, 2.45) is 0 Å². The van der Waals surface area contributed by atoms with Crippen LogP contribution in [0.2, 0.25) is 10.3 Å². The minimum atomic E-state index is -0.449. The van der Waals surface area contributed by atoms with Crippen molar-refractivity contribution in [1.82, 2.24) is 10.3 Å². The maximum Gasteiger partial charge on any atom is 0.251 e. The van der Waals surface area contributed by atoms with Gasteiger partial charge in [-0.1, -0.05) is 48.3 Å². The van der Waals surface area contributed by atoms with Gasteiger partial charge in [-0.2, -0.15) is 0 Å². The summed E-state index contributed by atoms with van der Waals surface area (Å²) in [5.74, 6) is -0.763. The summed E-state index contributed by atoms with van der Waals surface area (Å²) in [5, 5.41) is 5.52. The van der Waals surface area contributed by atoms with Crippen LogP contribution >= 0.6 is 23.2 Å². The van der Waals surface area contributed by atoms with Crippen LogP contribution in [0, 0.1) is 0 Å². The summed E-state index contributed by atoms with van der Waals surface area (Å²) in [6, 6.07) is 10.3. The highest BCUT2D eigenvalue weighted by atomic mass is 35.5. The van der Waals surface area contributed by atoms with E-state index in [1.165, 1.54) is 12.1 Å². The number of hydrogen-bond donors (Lipinski definition) is 2. The predicted octanol–water partition coefficient (Wildman–Crippen LogP) is 3.32. The molecule has 2 amide bonds. The first-order valence-electron chi connectivity index (χ1n) is 6.98. The molecule has 0 saturated heterocycles. The number of carbonyl (C=O) groups excluding carboxylic acids is 2. The summed E-state index contributed by atoms with van der Waals surface area (Å²) < 4.78 is 0. The highest BCUT2D eigenvalue weighted by molar-refractivity contribution is 6.33. The van der Waals surface area contributed by atoms with Gasteiger partial charge in [0.25, 0.3) is 5.91 Å². The molecule has 5 nitrogen and oxygen atoms in total. The number of rotatable bonds is 5. The van der Waals surface area contributed by atoms with Crippen LogP contribution in [0.5, 0.6) is 0 Å².